The lowest BCUT2D eigenvalue weighted by Crippen LogP contribution is -2.40. The van der Waals surface area contributed by atoms with Crippen molar-refractivity contribution in [3.63, 3.8) is 0 Å². The normalized spacial score (nSPS) is 17.2. The van der Waals surface area contributed by atoms with Crippen LogP contribution < -0.4 is 10.9 Å². The molecule has 0 atom stereocenters. The highest BCUT2D eigenvalue weighted by Gasteiger charge is 2.11. The Morgan fingerprint density at radius 2 is 1.75 bits per heavy atom. The molecule has 0 spiro atoms. The van der Waals surface area contributed by atoms with Crippen molar-refractivity contribution >= 4 is 16.0 Å². The summed E-state index contributed by atoms with van der Waals surface area (Å²) in [5, 5.41) is 5.04. The van der Waals surface area contributed by atoms with E-state index in [1.807, 2.05) is 0 Å². The van der Waals surface area contributed by atoms with Gasteiger partial charge in [-0.2, -0.15) is 0 Å². The summed E-state index contributed by atoms with van der Waals surface area (Å²) in [6, 6.07) is 6.37. The number of nitrogens with zero attached hydrogens (tertiary/aromatic N) is 2. The maximum Gasteiger partial charge on any atom is 0.238 e. The van der Waals surface area contributed by atoms with E-state index in [1.54, 1.807) is 12.1 Å². The van der Waals surface area contributed by atoms with Crippen LogP contribution in [0.15, 0.2) is 34.2 Å². The minimum Gasteiger partial charge on any atom is -0.370 e. The molecule has 0 amide bonds. The van der Waals surface area contributed by atoms with Crippen molar-refractivity contribution in [2.45, 2.75) is 30.7 Å². The molecule has 1 aliphatic heterocycles. The monoisotopic (exact) mass is 296 g/mol. The molecule has 7 heteroatoms. The van der Waals surface area contributed by atoms with Gasteiger partial charge in [0.1, 0.15) is 0 Å². The van der Waals surface area contributed by atoms with E-state index >= 15 is 0 Å². The summed E-state index contributed by atoms with van der Waals surface area (Å²) >= 11 is 0. The summed E-state index contributed by atoms with van der Waals surface area (Å²) in [6.45, 7) is 2.35. The second kappa shape index (κ2) is 6.23. The third-order valence-electron chi connectivity index (χ3n) is 3.36. The molecular weight excluding hydrogens is 276 g/mol. The van der Waals surface area contributed by atoms with Crippen LogP contribution in [0.3, 0.4) is 0 Å². The number of nitrogens with two attached hydrogens (primary N) is 2. The predicted molar refractivity (Wildman–Crippen MR) is 78.6 cm³/mol. The first kappa shape index (κ1) is 14.8. The molecular formula is C13H20N4O2S. The lowest BCUT2D eigenvalue weighted by Gasteiger charge is -2.27. The fourth-order valence-electron chi connectivity index (χ4n) is 2.18. The first-order valence-corrected chi connectivity index (χ1v) is 8.18. The lowest BCUT2D eigenvalue weighted by atomic mass is 10.1. The maximum atomic E-state index is 11.1. The third kappa shape index (κ3) is 3.94. The quantitative estimate of drug-likeness (QED) is 0.631. The smallest absolute Gasteiger partial charge is 0.238 e. The first-order chi connectivity index (χ1) is 9.47. The number of benzene rings is 1. The van der Waals surface area contributed by atoms with Crippen molar-refractivity contribution in [2.24, 2.45) is 15.9 Å². The molecule has 1 heterocycles. The van der Waals surface area contributed by atoms with Crippen LogP contribution >= 0.6 is 0 Å². The number of likely N-dealkylation sites (tertiary alicyclic amines) is 1. The Hall–Kier alpha value is -1.60. The summed E-state index contributed by atoms with van der Waals surface area (Å²) in [7, 11) is -3.64. The Morgan fingerprint density at radius 1 is 1.15 bits per heavy atom. The molecule has 0 unspecified atom stereocenters. The van der Waals surface area contributed by atoms with Gasteiger partial charge in [0.15, 0.2) is 5.96 Å². The highest BCUT2D eigenvalue weighted by molar-refractivity contribution is 7.89. The van der Waals surface area contributed by atoms with E-state index in [2.05, 4.69) is 9.89 Å². The number of primary sulfonamides is 1. The number of rotatable bonds is 3. The Labute approximate surface area is 119 Å². The van der Waals surface area contributed by atoms with Crippen LogP contribution in [0.2, 0.25) is 0 Å². The van der Waals surface area contributed by atoms with E-state index in [0.717, 1.165) is 31.5 Å². The number of sulfonamides is 1. The first-order valence-electron chi connectivity index (χ1n) is 6.63. The SMILES string of the molecule is NC(=NCc1ccc(S(N)(=O)=O)cc1)N1CCCCC1. The van der Waals surface area contributed by atoms with E-state index < -0.39 is 10.0 Å². The van der Waals surface area contributed by atoms with Crippen LogP contribution in [0.4, 0.5) is 0 Å². The zero-order valence-corrected chi connectivity index (χ0v) is 12.1. The van der Waals surface area contributed by atoms with Crippen LogP contribution in [0.25, 0.3) is 0 Å². The van der Waals surface area contributed by atoms with Crippen molar-refractivity contribution in [3.05, 3.63) is 29.8 Å². The van der Waals surface area contributed by atoms with Crippen LogP contribution in [0.5, 0.6) is 0 Å². The summed E-state index contributed by atoms with van der Waals surface area (Å²) in [6.07, 6.45) is 3.55. The minimum atomic E-state index is -3.64. The van der Waals surface area contributed by atoms with E-state index in [1.165, 1.54) is 18.6 Å². The van der Waals surface area contributed by atoms with E-state index in [0.29, 0.717) is 12.5 Å². The highest BCUT2D eigenvalue weighted by atomic mass is 32.2. The third-order valence-corrected chi connectivity index (χ3v) is 4.28. The molecule has 1 saturated heterocycles. The fourth-order valence-corrected chi connectivity index (χ4v) is 2.70. The van der Waals surface area contributed by atoms with Gasteiger partial charge in [-0.15, -0.1) is 0 Å². The summed E-state index contributed by atoms with van der Waals surface area (Å²) in [5.74, 6) is 0.556. The molecule has 1 fully saturated rings. The van der Waals surface area contributed by atoms with Gasteiger partial charge in [-0.05, 0) is 37.0 Å². The Kier molecular flexibility index (Phi) is 4.61. The maximum absolute atomic E-state index is 11.1. The molecule has 110 valence electrons. The van der Waals surface area contributed by atoms with Gasteiger partial charge < -0.3 is 10.6 Å². The summed E-state index contributed by atoms with van der Waals surface area (Å²) in [4.78, 5) is 6.54. The molecule has 0 radical (unpaired) electrons. The van der Waals surface area contributed by atoms with Gasteiger partial charge in [-0.1, -0.05) is 12.1 Å². The second-order valence-electron chi connectivity index (χ2n) is 4.91. The zero-order chi connectivity index (χ0) is 14.6. The fraction of sp³-hybridized carbons (Fsp3) is 0.462. The van der Waals surface area contributed by atoms with E-state index in [9.17, 15) is 8.42 Å². The molecule has 20 heavy (non-hydrogen) atoms. The number of hydrogen-bond donors (Lipinski definition) is 2. The Balaban J connectivity index is 1.99. The van der Waals surface area contributed by atoms with Gasteiger partial charge in [0.2, 0.25) is 10.0 Å². The predicted octanol–water partition coefficient (Wildman–Crippen LogP) is 0.635. The number of guanidine groups is 1. The average Bonchev–Trinajstić information content (AvgIpc) is 2.45. The van der Waals surface area contributed by atoms with Crippen LogP contribution in [-0.2, 0) is 16.6 Å². The zero-order valence-electron chi connectivity index (χ0n) is 11.3. The van der Waals surface area contributed by atoms with Crippen molar-refractivity contribution in [3.8, 4) is 0 Å². The molecule has 6 nitrogen and oxygen atoms in total. The molecule has 2 rings (SSSR count). The number of piperidine rings is 1. The molecule has 1 aromatic carbocycles. The van der Waals surface area contributed by atoms with Gasteiger partial charge in [-0.3, -0.25) is 0 Å². The number of aliphatic imine (C=N–C) groups is 1. The van der Waals surface area contributed by atoms with Gasteiger partial charge in [0, 0.05) is 13.1 Å². The van der Waals surface area contributed by atoms with Crippen molar-refractivity contribution < 1.29 is 8.42 Å². The van der Waals surface area contributed by atoms with Crippen LogP contribution in [0, 0.1) is 0 Å². The number of hydrogen-bond acceptors (Lipinski definition) is 3. The molecule has 0 aliphatic carbocycles. The molecule has 1 aromatic rings. The van der Waals surface area contributed by atoms with Crippen molar-refractivity contribution in [1.82, 2.24) is 4.90 Å². The molecule has 4 N–H and O–H groups in total. The largest absolute Gasteiger partial charge is 0.370 e. The van der Waals surface area contributed by atoms with Gasteiger partial charge in [0.25, 0.3) is 0 Å². The average molecular weight is 296 g/mol. The van der Waals surface area contributed by atoms with Gasteiger partial charge in [-0.25, -0.2) is 18.5 Å². The highest BCUT2D eigenvalue weighted by Crippen LogP contribution is 2.11. The van der Waals surface area contributed by atoms with E-state index in [-0.39, 0.29) is 4.90 Å². The molecule has 0 aromatic heterocycles. The van der Waals surface area contributed by atoms with Crippen molar-refractivity contribution in [2.75, 3.05) is 13.1 Å². The summed E-state index contributed by atoms with van der Waals surface area (Å²) in [5.41, 5.74) is 6.86. The second-order valence-corrected chi connectivity index (χ2v) is 6.47. The molecule has 0 saturated carbocycles. The van der Waals surface area contributed by atoms with Crippen molar-refractivity contribution in [1.29, 1.82) is 0 Å². The van der Waals surface area contributed by atoms with Gasteiger partial charge >= 0.3 is 0 Å². The Bertz CT molecular complexity index is 575. The van der Waals surface area contributed by atoms with E-state index in [4.69, 9.17) is 10.9 Å². The molecule has 0 bridgehead atoms. The molecule has 1 aliphatic rings. The Morgan fingerprint density at radius 3 is 2.30 bits per heavy atom. The standard InChI is InChI=1S/C13H20N4O2S/c14-13(17-8-2-1-3-9-17)16-10-11-4-6-12(7-5-11)20(15,18)19/h4-7H,1-3,8-10H2,(H2,14,16)(H2,15,18,19). The summed E-state index contributed by atoms with van der Waals surface area (Å²) < 4.78 is 22.3. The van der Waals surface area contributed by atoms with Crippen LogP contribution in [-0.4, -0.2) is 32.4 Å². The topological polar surface area (TPSA) is 102 Å². The van der Waals surface area contributed by atoms with Crippen LogP contribution in [0.1, 0.15) is 24.8 Å². The van der Waals surface area contributed by atoms with Gasteiger partial charge in [0.05, 0.1) is 11.4 Å². The minimum absolute atomic E-state index is 0.106. The lowest BCUT2D eigenvalue weighted by molar-refractivity contribution is 0.338.